The summed E-state index contributed by atoms with van der Waals surface area (Å²) in [5, 5.41) is 9.56. The Morgan fingerprint density at radius 3 is 2.40 bits per heavy atom. The standard InChI is InChI=1S/C6H3BrCl2O/c7-3-1-4(8)6(9)5(10)2-3/h1-2,10H. The summed E-state index contributed by atoms with van der Waals surface area (Å²) in [5.41, 5.74) is 0. The average molecular weight is 242 g/mol. The summed E-state index contributed by atoms with van der Waals surface area (Å²) in [7, 11) is 0. The maximum Gasteiger partial charge on any atom is 0.136 e. The van der Waals surface area contributed by atoms with Crippen molar-refractivity contribution in [1.29, 1.82) is 0 Å². The molecule has 0 bridgehead atoms. The van der Waals surface area contributed by atoms with Crippen LogP contribution in [0.2, 0.25) is 10.0 Å². The molecule has 0 unspecified atom stereocenters. The van der Waals surface area contributed by atoms with Crippen LogP contribution in [0.3, 0.4) is 0 Å². The zero-order valence-corrected chi connectivity index (χ0v) is 7.83. The predicted octanol–water partition coefficient (Wildman–Crippen LogP) is 3.46. The molecule has 0 amide bonds. The summed E-state index contributed by atoms with van der Waals surface area (Å²) in [6.07, 6.45) is 0. The first kappa shape index (κ1) is 8.18. The topological polar surface area (TPSA) is 20.2 Å². The van der Waals surface area contributed by atoms with Crippen LogP contribution in [0.1, 0.15) is 0 Å². The van der Waals surface area contributed by atoms with Gasteiger partial charge in [0, 0.05) is 4.47 Å². The molecule has 0 aliphatic heterocycles. The molecule has 0 radical (unpaired) electrons. The highest BCUT2D eigenvalue weighted by Gasteiger charge is 2.03. The molecule has 0 heterocycles. The van der Waals surface area contributed by atoms with Crippen molar-refractivity contribution in [3.8, 4) is 5.75 Å². The molecule has 10 heavy (non-hydrogen) atoms. The van der Waals surface area contributed by atoms with Gasteiger partial charge in [-0.3, -0.25) is 0 Å². The van der Waals surface area contributed by atoms with E-state index < -0.39 is 0 Å². The van der Waals surface area contributed by atoms with Gasteiger partial charge in [-0.2, -0.15) is 0 Å². The number of rotatable bonds is 0. The normalized spacial score (nSPS) is 9.90. The smallest absolute Gasteiger partial charge is 0.136 e. The van der Waals surface area contributed by atoms with Crippen LogP contribution in [0.4, 0.5) is 0 Å². The van der Waals surface area contributed by atoms with Gasteiger partial charge in [-0.1, -0.05) is 39.1 Å². The monoisotopic (exact) mass is 240 g/mol. The van der Waals surface area contributed by atoms with Crippen molar-refractivity contribution >= 4 is 39.1 Å². The first-order valence-electron chi connectivity index (χ1n) is 2.45. The lowest BCUT2D eigenvalue weighted by Gasteiger charge is -1.98. The molecule has 1 rings (SSSR count). The average Bonchev–Trinajstić information content (AvgIpc) is 1.82. The van der Waals surface area contributed by atoms with Crippen LogP contribution in [-0.4, -0.2) is 5.11 Å². The van der Waals surface area contributed by atoms with E-state index in [4.69, 9.17) is 28.3 Å². The van der Waals surface area contributed by atoms with Gasteiger partial charge in [0.05, 0.1) is 5.02 Å². The predicted molar refractivity (Wildman–Crippen MR) is 45.8 cm³/mol. The third-order valence-electron chi connectivity index (χ3n) is 0.974. The Kier molecular flexibility index (Phi) is 2.45. The maximum absolute atomic E-state index is 9.03. The quantitative estimate of drug-likeness (QED) is 0.690. The number of hydrogen-bond donors (Lipinski definition) is 1. The maximum atomic E-state index is 9.03. The highest BCUT2D eigenvalue weighted by molar-refractivity contribution is 9.10. The SMILES string of the molecule is Oc1cc(Br)cc(Cl)c1Cl. The van der Waals surface area contributed by atoms with E-state index >= 15 is 0 Å². The molecular weight excluding hydrogens is 239 g/mol. The summed E-state index contributed by atoms with van der Waals surface area (Å²) in [6.45, 7) is 0. The molecule has 0 fully saturated rings. The van der Waals surface area contributed by atoms with E-state index in [1.54, 1.807) is 6.07 Å². The minimum absolute atomic E-state index is 0.0129. The fraction of sp³-hybridized carbons (Fsp3) is 0. The molecule has 1 N–H and O–H groups in total. The molecule has 0 saturated carbocycles. The van der Waals surface area contributed by atoms with E-state index in [0.717, 1.165) is 0 Å². The third kappa shape index (κ3) is 1.57. The Morgan fingerprint density at radius 1 is 1.30 bits per heavy atom. The van der Waals surface area contributed by atoms with Gasteiger partial charge in [-0.25, -0.2) is 0 Å². The molecule has 54 valence electrons. The van der Waals surface area contributed by atoms with E-state index in [-0.39, 0.29) is 10.8 Å². The van der Waals surface area contributed by atoms with Crippen molar-refractivity contribution in [1.82, 2.24) is 0 Å². The van der Waals surface area contributed by atoms with E-state index in [1.165, 1.54) is 6.07 Å². The highest BCUT2D eigenvalue weighted by Crippen LogP contribution is 2.33. The lowest BCUT2D eigenvalue weighted by molar-refractivity contribution is 0.475. The summed E-state index contributed by atoms with van der Waals surface area (Å²) in [4.78, 5) is 0. The molecule has 0 aromatic heterocycles. The molecule has 1 nitrogen and oxygen atoms in total. The van der Waals surface area contributed by atoms with Crippen molar-refractivity contribution in [2.24, 2.45) is 0 Å². The number of aromatic hydroxyl groups is 1. The van der Waals surface area contributed by atoms with Crippen molar-refractivity contribution < 1.29 is 5.11 Å². The Morgan fingerprint density at radius 2 is 1.90 bits per heavy atom. The van der Waals surface area contributed by atoms with Crippen molar-refractivity contribution in [2.45, 2.75) is 0 Å². The van der Waals surface area contributed by atoms with E-state index in [9.17, 15) is 0 Å². The number of benzene rings is 1. The Bertz CT molecular complexity index is 239. The first-order valence-corrected chi connectivity index (χ1v) is 3.99. The lowest BCUT2D eigenvalue weighted by atomic mass is 10.3. The first-order chi connectivity index (χ1) is 4.61. The molecule has 1 aromatic carbocycles. The van der Waals surface area contributed by atoms with Gasteiger partial charge in [0.2, 0.25) is 0 Å². The molecule has 0 spiro atoms. The molecule has 1 aromatic rings. The van der Waals surface area contributed by atoms with E-state index in [2.05, 4.69) is 15.9 Å². The molecule has 0 saturated heterocycles. The van der Waals surface area contributed by atoms with Crippen LogP contribution in [-0.2, 0) is 0 Å². The lowest BCUT2D eigenvalue weighted by Crippen LogP contribution is -1.71. The minimum atomic E-state index is -0.0129. The van der Waals surface area contributed by atoms with Gasteiger partial charge in [0.25, 0.3) is 0 Å². The van der Waals surface area contributed by atoms with Gasteiger partial charge in [-0.05, 0) is 12.1 Å². The van der Waals surface area contributed by atoms with Crippen LogP contribution in [0.5, 0.6) is 5.75 Å². The second-order valence-electron chi connectivity index (χ2n) is 1.72. The highest BCUT2D eigenvalue weighted by atomic mass is 79.9. The van der Waals surface area contributed by atoms with Crippen molar-refractivity contribution in [3.05, 3.63) is 26.7 Å². The van der Waals surface area contributed by atoms with Crippen LogP contribution >= 0.6 is 39.1 Å². The van der Waals surface area contributed by atoms with E-state index in [0.29, 0.717) is 9.50 Å². The zero-order chi connectivity index (χ0) is 7.72. The zero-order valence-electron chi connectivity index (χ0n) is 4.74. The molecule has 0 aliphatic rings. The number of hydrogen-bond acceptors (Lipinski definition) is 1. The largest absolute Gasteiger partial charge is 0.506 e. The minimum Gasteiger partial charge on any atom is -0.506 e. The summed E-state index contributed by atoms with van der Waals surface area (Å²) >= 11 is 14.3. The number of halogens is 3. The molecule has 0 aliphatic carbocycles. The van der Waals surface area contributed by atoms with Crippen LogP contribution in [0.25, 0.3) is 0 Å². The van der Waals surface area contributed by atoms with Crippen molar-refractivity contribution in [2.75, 3.05) is 0 Å². The van der Waals surface area contributed by atoms with Crippen LogP contribution in [0, 0.1) is 0 Å². The van der Waals surface area contributed by atoms with E-state index in [1.807, 2.05) is 0 Å². The van der Waals surface area contributed by atoms with Crippen LogP contribution < -0.4 is 0 Å². The second-order valence-corrected chi connectivity index (χ2v) is 3.42. The Labute approximate surface area is 76.7 Å². The molecular formula is C6H3BrCl2O. The fourth-order valence-electron chi connectivity index (χ4n) is 0.542. The Hall–Kier alpha value is 0.0800. The van der Waals surface area contributed by atoms with Crippen LogP contribution in [0.15, 0.2) is 16.6 Å². The fourth-order valence-corrected chi connectivity index (χ4v) is 1.44. The van der Waals surface area contributed by atoms with Gasteiger partial charge in [-0.15, -0.1) is 0 Å². The van der Waals surface area contributed by atoms with Gasteiger partial charge < -0.3 is 5.11 Å². The summed E-state index contributed by atoms with van der Waals surface area (Å²) in [5.74, 6) is -0.0129. The van der Waals surface area contributed by atoms with Gasteiger partial charge >= 0.3 is 0 Å². The van der Waals surface area contributed by atoms with Gasteiger partial charge in [0.15, 0.2) is 0 Å². The second kappa shape index (κ2) is 2.99. The molecule has 4 heteroatoms. The Balaban J connectivity index is 3.31. The van der Waals surface area contributed by atoms with Gasteiger partial charge in [0.1, 0.15) is 10.8 Å². The van der Waals surface area contributed by atoms with Crippen molar-refractivity contribution in [3.63, 3.8) is 0 Å². The number of phenols is 1. The molecule has 0 atom stereocenters. The summed E-state index contributed by atoms with van der Waals surface area (Å²) < 4.78 is 0.708. The summed E-state index contributed by atoms with van der Waals surface area (Å²) in [6, 6.07) is 3.10. The third-order valence-corrected chi connectivity index (χ3v) is 2.22. The number of phenolic OH excluding ortho intramolecular Hbond substituents is 1.